The molecule has 2 amide bonds. The van der Waals surface area contributed by atoms with Crippen molar-refractivity contribution in [2.45, 2.75) is 26.7 Å². The fourth-order valence-corrected chi connectivity index (χ4v) is 3.81. The number of carbonyl (C=O) groups is 2. The maximum absolute atomic E-state index is 13.0. The van der Waals surface area contributed by atoms with E-state index < -0.39 is 5.92 Å². The quantitative estimate of drug-likeness (QED) is 0.791. The van der Waals surface area contributed by atoms with Gasteiger partial charge in [0.15, 0.2) is 0 Å². The van der Waals surface area contributed by atoms with E-state index in [0.717, 1.165) is 23.4 Å². The van der Waals surface area contributed by atoms with Crippen LogP contribution in [0.15, 0.2) is 42.5 Å². The molecule has 4 heteroatoms. The van der Waals surface area contributed by atoms with Crippen LogP contribution in [0.5, 0.6) is 0 Å². The zero-order valence-corrected chi connectivity index (χ0v) is 14.7. The topological polar surface area (TPSA) is 40.6 Å². The molecule has 25 heavy (non-hydrogen) atoms. The Morgan fingerprint density at radius 2 is 1.84 bits per heavy atom. The summed E-state index contributed by atoms with van der Waals surface area (Å²) in [5, 5.41) is 0. The van der Waals surface area contributed by atoms with E-state index in [1.54, 1.807) is 9.80 Å². The van der Waals surface area contributed by atoms with E-state index >= 15 is 0 Å². The van der Waals surface area contributed by atoms with E-state index in [-0.39, 0.29) is 11.8 Å². The molecular weight excluding hydrogens is 312 g/mol. The van der Waals surface area contributed by atoms with Gasteiger partial charge in [-0.2, -0.15) is 0 Å². The number of nitrogens with zero attached hydrogens (tertiary/aromatic N) is 2. The maximum Gasteiger partial charge on any atom is 0.239 e. The van der Waals surface area contributed by atoms with E-state index in [1.165, 1.54) is 11.1 Å². The summed E-state index contributed by atoms with van der Waals surface area (Å²) in [7, 11) is 0. The fourth-order valence-electron chi connectivity index (χ4n) is 3.81. The molecule has 0 radical (unpaired) electrons. The summed E-state index contributed by atoms with van der Waals surface area (Å²) in [5.74, 6) is -0.688. The summed E-state index contributed by atoms with van der Waals surface area (Å²) < 4.78 is 0. The number of anilines is 2. The molecule has 0 spiro atoms. The first-order valence-corrected chi connectivity index (χ1v) is 8.84. The van der Waals surface area contributed by atoms with Crippen LogP contribution in [0.4, 0.5) is 11.4 Å². The van der Waals surface area contributed by atoms with Gasteiger partial charge in [0.1, 0.15) is 5.92 Å². The molecule has 0 saturated carbocycles. The Morgan fingerprint density at radius 3 is 2.64 bits per heavy atom. The molecule has 128 valence electrons. The van der Waals surface area contributed by atoms with Crippen molar-refractivity contribution in [2.75, 3.05) is 22.9 Å². The molecule has 1 unspecified atom stereocenters. The van der Waals surface area contributed by atoms with E-state index in [1.807, 2.05) is 43.3 Å². The average molecular weight is 334 g/mol. The van der Waals surface area contributed by atoms with Gasteiger partial charge in [-0.05, 0) is 61.6 Å². The monoisotopic (exact) mass is 334 g/mol. The SMILES string of the molecule is Cc1ccc(N2CCC(C(=O)N3CCc4ccccc43)C2=O)cc1C. The third-order valence-corrected chi connectivity index (χ3v) is 5.46. The smallest absolute Gasteiger partial charge is 0.239 e. The Kier molecular flexibility index (Phi) is 3.83. The van der Waals surface area contributed by atoms with Crippen molar-refractivity contribution in [2.24, 2.45) is 5.92 Å². The summed E-state index contributed by atoms with van der Waals surface area (Å²) >= 11 is 0. The van der Waals surface area contributed by atoms with Crippen LogP contribution < -0.4 is 9.80 Å². The Labute approximate surface area is 148 Å². The summed E-state index contributed by atoms with van der Waals surface area (Å²) in [5.41, 5.74) is 5.41. The van der Waals surface area contributed by atoms with Crippen molar-refractivity contribution < 1.29 is 9.59 Å². The van der Waals surface area contributed by atoms with E-state index in [4.69, 9.17) is 0 Å². The predicted molar refractivity (Wildman–Crippen MR) is 98.9 cm³/mol. The van der Waals surface area contributed by atoms with Gasteiger partial charge in [-0.3, -0.25) is 9.59 Å². The number of fused-ring (bicyclic) bond motifs is 1. The van der Waals surface area contributed by atoms with Crippen LogP contribution in [0.1, 0.15) is 23.1 Å². The van der Waals surface area contributed by atoms with Gasteiger partial charge in [0, 0.05) is 24.5 Å². The maximum atomic E-state index is 13.0. The Hall–Kier alpha value is -2.62. The second-order valence-corrected chi connectivity index (χ2v) is 6.97. The molecule has 2 aromatic rings. The number of carbonyl (C=O) groups excluding carboxylic acids is 2. The number of hydrogen-bond donors (Lipinski definition) is 0. The second-order valence-electron chi connectivity index (χ2n) is 6.97. The zero-order chi connectivity index (χ0) is 17.6. The zero-order valence-electron chi connectivity index (χ0n) is 14.7. The minimum Gasteiger partial charge on any atom is -0.312 e. The Morgan fingerprint density at radius 1 is 1.04 bits per heavy atom. The van der Waals surface area contributed by atoms with Crippen LogP contribution in [-0.2, 0) is 16.0 Å². The Balaban J connectivity index is 1.56. The van der Waals surface area contributed by atoms with Crippen molar-refractivity contribution in [3.8, 4) is 0 Å². The molecule has 1 atom stereocenters. The lowest BCUT2D eigenvalue weighted by molar-refractivity contribution is -0.130. The summed E-state index contributed by atoms with van der Waals surface area (Å²) in [6, 6.07) is 14.0. The molecule has 0 aromatic heterocycles. The van der Waals surface area contributed by atoms with Gasteiger partial charge in [-0.1, -0.05) is 24.3 Å². The highest BCUT2D eigenvalue weighted by Crippen LogP contribution is 2.33. The highest BCUT2D eigenvalue weighted by atomic mass is 16.2. The Bertz CT molecular complexity index is 859. The summed E-state index contributed by atoms with van der Waals surface area (Å²) in [4.78, 5) is 29.4. The number of hydrogen-bond acceptors (Lipinski definition) is 2. The van der Waals surface area contributed by atoms with Gasteiger partial charge in [0.2, 0.25) is 11.8 Å². The van der Waals surface area contributed by atoms with Gasteiger partial charge >= 0.3 is 0 Å². The van der Waals surface area contributed by atoms with Crippen LogP contribution in [0, 0.1) is 19.8 Å². The van der Waals surface area contributed by atoms with Gasteiger partial charge in [0.05, 0.1) is 0 Å². The lowest BCUT2D eigenvalue weighted by Gasteiger charge is -2.22. The highest BCUT2D eigenvalue weighted by molar-refractivity contribution is 6.14. The van der Waals surface area contributed by atoms with Crippen LogP contribution in [0.25, 0.3) is 0 Å². The molecular formula is C21H22N2O2. The molecule has 2 aliphatic rings. The molecule has 1 saturated heterocycles. The number of para-hydroxylation sites is 1. The number of aryl methyl sites for hydroxylation is 2. The predicted octanol–water partition coefficient (Wildman–Crippen LogP) is 3.25. The van der Waals surface area contributed by atoms with Crippen LogP contribution in [-0.4, -0.2) is 24.9 Å². The standard InChI is InChI=1S/C21H22N2O2/c1-14-7-8-17(13-15(14)2)22-12-10-18(20(22)24)21(25)23-11-9-16-5-3-4-6-19(16)23/h3-8,13,18H,9-12H2,1-2H3. The normalized spacial score (nSPS) is 19.4. The van der Waals surface area contributed by atoms with Crippen molar-refractivity contribution in [1.29, 1.82) is 0 Å². The molecule has 0 N–H and O–H groups in total. The molecule has 1 fully saturated rings. The van der Waals surface area contributed by atoms with E-state index in [0.29, 0.717) is 19.5 Å². The number of amides is 2. The van der Waals surface area contributed by atoms with Crippen molar-refractivity contribution >= 4 is 23.2 Å². The minimum absolute atomic E-state index is 0.0544. The largest absolute Gasteiger partial charge is 0.312 e. The number of benzene rings is 2. The van der Waals surface area contributed by atoms with Crippen molar-refractivity contribution in [3.05, 3.63) is 59.2 Å². The first kappa shape index (κ1) is 15.9. The van der Waals surface area contributed by atoms with Crippen molar-refractivity contribution in [1.82, 2.24) is 0 Å². The molecule has 0 bridgehead atoms. The first-order valence-electron chi connectivity index (χ1n) is 8.84. The van der Waals surface area contributed by atoms with Gasteiger partial charge in [-0.25, -0.2) is 0 Å². The number of rotatable bonds is 2. The minimum atomic E-state index is -0.562. The molecule has 2 heterocycles. The van der Waals surface area contributed by atoms with E-state index in [9.17, 15) is 9.59 Å². The lowest BCUT2D eigenvalue weighted by atomic mass is 10.1. The molecule has 2 aliphatic heterocycles. The van der Waals surface area contributed by atoms with Crippen molar-refractivity contribution in [3.63, 3.8) is 0 Å². The summed E-state index contributed by atoms with van der Waals surface area (Å²) in [6.07, 6.45) is 1.45. The van der Waals surface area contributed by atoms with Crippen LogP contribution in [0.3, 0.4) is 0 Å². The van der Waals surface area contributed by atoms with Crippen LogP contribution >= 0.6 is 0 Å². The summed E-state index contributed by atoms with van der Waals surface area (Å²) in [6.45, 7) is 5.38. The van der Waals surface area contributed by atoms with Gasteiger partial charge in [-0.15, -0.1) is 0 Å². The highest BCUT2D eigenvalue weighted by Gasteiger charge is 2.41. The van der Waals surface area contributed by atoms with Gasteiger partial charge in [0.25, 0.3) is 0 Å². The van der Waals surface area contributed by atoms with Gasteiger partial charge < -0.3 is 9.80 Å². The van der Waals surface area contributed by atoms with Crippen LogP contribution in [0.2, 0.25) is 0 Å². The average Bonchev–Trinajstić information content (AvgIpc) is 3.21. The molecule has 2 aromatic carbocycles. The first-order chi connectivity index (χ1) is 12.1. The van der Waals surface area contributed by atoms with E-state index in [2.05, 4.69) is 13.0 Å². The fraction of sp³-hybridized carbons (Fsp3) is 0.333. The third-order valence-electron chi connectivity index (χ3n) is 5.46. The molecule has 0 aliphatic carbocycles. The lowest BCUT2D eigenvalue weighted by Crippen LogP contribution is -2.39. The molecule has 4 nitrogen and oxygen atoms in total. The molecule has 4 rings (SSSR count). The third kappa shape index (κ3) is 2.62. The second kappa shape index (κ2) is 6.03.